The molecule has 1 unspecified atom stereocenters. The van der Waals surface area contributed by atoms with Crippen molar-refractivity contribution in [2.75, 3.05) is 18.8 Å². The van der Waals surface area contributed by atoms with E-state index in [2.05, 4.69) is 34.8 Å². The number of carbonyl (C=O) groups excluding carboxylic acids is 1. The maximum Gasteiger partial charge on any atom is 0.314 e. The van der Waals surface area contributed by atoms with Gasteiger partial charge in [-0.15, -0.1) is 11.3 Å². The third-order valence-corrected chi connectivity index (χ3v) is 6.07. The number of carbonyl (C=O) groups is 1. The number of amides is 2. The zero-order chi connectivity index (χ0) is 14.4. The molecular formula is C14H23N3OS2. The van der Waals surface area contributed by atoms with Crippen molar-refractivity contribution in [1.82, 2.24) is 15.6 Å². The maximum atomic E-state index is 11.7. The van der Waals surface area contributed by atoms with Crippen molar-refractivity contribution in [2.24, 2.45) is 0 Å². The van der Waals surface area contributed by atoms with Gasteiger partial charge in [0, 0.05) is 29.6 Å². The Kier molecular flexibility index (Phi) is 5.72. The number of urea groups is 1. The summed E-state index contributed by atoms with van der Waals surface area (Å²) in [4.78, 5) is 16.2. The molecule has 0 bridgehead atoms. The van der Waals surface area contributed by atoms with E-state index >= 15 is 0 Å². The highest BCUT2D eigenvalue weighted by Gasteiger charge is 2.29. The summed E-state index contributed by atoms with van der Waals surface area (Å²) in [7, 11) is 0. The molecule has 2 heterocycles. The van der Waals surface area contributed by atoms with Crippen LogP contribution in [0.4, 0.5) is 4.79 Å². The standard InChI is InChI=1S/C14H23N3OS2/c1-3-12-17-11(9-19-12)5-7-15-13(18)16-10-14(2)6-4-8-20-14/h9H,3-8,10H2,1-2H3,(H2,15,16,18). The fourth-order valence-electron chi connectivity index (χ4n) is 2.24. The number of nitrogens with one attached hydrogen (secondary N) is 2. The summed E-state index contributed by atoms with van der Waals surface area (Å²) >= 11 is 3.65. The minimum absolute atomic E-state index is 0.0651. The van der Waals surface area contributed by atoms with Crippen LogP contribution in [0.15, 0.2) is 5.38 Å². The van der Waals surface area contributed by atoms with Gasteiger partial charge in [-0.3, -0.25) is 0 Å². The van der Waals surface area contributed by atoms with Gasteiger partial charge in [-0.2, -0.15) is 11.8 Å². The minimum Gasteiger partial charge on any atom is -0.338 e. The van der Waals surface area contributed by atoms with Gasteiger partial charge in [-0.05, 0) is 31.9 Å². The lowest BCUT2D eigenvalue weighted by molar-refractivity contribution is 0.240. The SMILES string of the molecule is CCc1nc(CCNC(=O)NCC2(C)CCCS2)cs1. The van der Waals surface area contributed by atoms with Crippen molar-refractivity contribution >= 4 is 29.1 Å². The van der Waals surface area contributed by atoms with Crippen molar-refractivity contribution in [1.29, 1.82) is 0 Å². The van der Waals surface area contributed by atoms with Crippen LogP contribution in [0.1, 0.15) is 37.4 Å². The summed E-state index contributed by atoms with van der Waals surface area (Å²) < 4.78 is 0.224. The molecule has 0 spiro atoms. The van der Waals surface area contributed by atoms with Crippen LogP contribution in [0, 0.1) is 0 Å². The largest absolute Gasteiger partial charge is 0.338 e. The van der Waals surface area contributed by atoms with Crippen molar-refractivity contribution < 1.29 is 4.79 Å². The first-order chi connectivity index (χ1) is 9.61. The number of hydrogen-bond donors (Lipinski definition) is 2. The molecule has 0 saturated carbocycles. The Bertz CT molecular complexity index is 441. The molecule has 20 heavy (non-hydrogen) atoms. The van der Waals surface area contributed by atoms with Crippen LogP contribution in [0.2, 0.25) is 0 Å². The van der Waals surface area contributed by atoms with Gasteiger partial charge in [-0.1, -0.05) is 6.92 Å². The average molecular weight is 313 g/mol. The van der Waals surface area contributed by atoms with E-state index in [1.165, 1.54) is 18.6 Å². The molecule has 2 N–H and O–H groups in total. The van der Waals surface area contributed by atoms with Gasteiger partial charge >= 0.3 is 6.03 Å². The zero-order valence-electron chi connectivity index (χ0n) is 12.2. The number of hydrogen-bond acceptors (Lipinski definition) is 4. The van der Waals surface area contributed by atoms with Crippen LogP contribution in [0.3, 0.4) is 0 Å². The molecule has 6 heteroatoms. The molecule has 1 aliphatic rings. The number of thiazole rings is 1. The molecule has 1 aliphatic heterocycles. The van der Waals surface area contributed by atoms with Crippen molar-refractivity contribution in [3.8, 4) is 0 Å². The molecule has 1 atom stereocenters. The first kappa shape index (κ1) is 15.6. The number of aryl methyl sites for hydroxylation is 1. The van der Waals surface area contributed by atoms with Crippen molar-refractivity contribution in [3.05, 3.63) is 16.1 Å². The Morgan fingerprint density at radius 1 is 1.50 bits per heavy atom. The second-order valence-corrected chi connectivity index (χ2v) is 7.97. The zero-order valence-corrected chi connectivity index (χ0v) is 13.8. The number of aromatic nitrogens is 1. The fraction of sp³-hybridized carbons (Fsp3) is 0.714. The summed E-state index contributed by atoms with van der Waals surface area (Å²) in [5.41, 5.74) is 1.07. The van der Waals surface area contributed by atoms with Gasteiger partial charge in [0.05, 0.1) is 10.7 Å². The predicted molar refractivity (Wildman–Crippen MR) is 86.7 cm³/mol. The molecule has 0 aliphatic carbocycles. The summed E-state index contributed by atoms with van der Waals surface area (Å²) in [6.07, 6.45) is 4.23. The first-order valence-corrected chi connectivity index (χ1v) is 9.07. The summed E-state index contributed by atoms with van der Waals surface area (Å²) in [6.45, 7) is 5.73. The Morgan fingerprint density at radius 3 is 3.00 bits per heavy atom. The molecule has 2 amide bonds. The normalized spacial score (nSPS) is 21.9. The Morgan fingerprint density at radius 2 is 2.35 bits per heavy atom. The average Bonchev–Trinajstić information content (AvgIpc) is 3.06. The van der Waals surface area contributed by atoms with E-state index in [0.717, 1.165) is 30.1 Å². The Labute approximate surface area is 129 Å². The number of rotatable bonds is 6. The maximum absolute atomic E-state index is 11.7. The van der Waals surface area contributed by atoms with Gasteiger partial charge in [-0.25, -0.2) is 9.78 Å². The number of nitrogens with zero attached hydrogens (tertiary/aromatic N) is 1. The molecule has 1 aromatic rings. The summed E-state index contributed by atoms with van der Waals surface area (Å²) in [5, 5.41) is 9.12. The highest BCUT2D eigenvalue weighted by molar-refractivity contribution is 8.00. The van der Waals surface area contributed by atoms with Crippen LogP contribution in [0.5, 0.6) is 0 Å². The summed E-state index contributed by atoms with van der Waals surface area (Å²) in [6, 6.07) is -0.0651. The van der Waals surface area contributed by atoms with E-state index < -0.39 is 0 Å². The van der Waals surface area contributed by atoms with E-state index in [1.54, 1.807) is 11.3 Å². The van der Waals surface area contributed by atoms with E-state index in [4.69, 9.17) is 0 Å². The topological polar surface area (TPSA) is 54.0 Å². The minimum atomic E-state index is -0.0651. The van der Waals surface area contributed by atoms with Gasteiger partial charge in [0.15, 0.2) is 0 Å². The number of thioether (sulfide) groups is 1. The second-order valence-electron chi connectivity index (χ2n) is 5.35. The molecule has 112 valence electrons. The molecule has 4 nitrogen and oxygen atoms in total. The quantitative estimate of drug-likeness (QED) is 0.849. The fourth-order valence-corrected chi connectivity index (χ4v) is 4.26. The van der Waals surface area contributed by atoms with Gasteiger partial charge in [0.2, 0.25) is 0 Å². The summed E-state index contributed by atoms with van der Waals surface area (Å²) in [5.74, 6) is 1.21. The molecule has 0 aromatic carbocycles. The Balaban J connectivity index is 1.62. The highest BCUT2D eigenvalue weighted by atomic mass is 32.2. The van der Waals surface area contributed by atoms with Crippen LogP contribution in [0.25, 0.3) is 0 Å². The molecule has 0 radical (unpaired) electrons. The smallest absolute Gasteiger partial charge is 0.314 e. The van der Waals surface area contributed by atoms with Crippen LogP contribution < -0.4 is 10.6 Å². The predicted octanol–water partition coefficient (Wildman–Crippen LogP) is 2.83. The van der Waals surface area contributed by atoms with Crippen LogP contribution >= 0.6 is 23.1 Å². The monoisotopic (exact) mass is 313 g/mol. The molecule has 2 rings (SSSR count). The molecular weight excluding hydrogens is 290 g/mol. The van der Waals surface area contributed by atoms with Gasteiger partial charge in [0.25, 0.3) is 0 Å². The molecule has 1 aromatic heterocycles. The highest BCUT2D eigenvalue weighted by Crippen LogP contribution is 2.36. The third kappa shape index (κ3) is 4.66. The van der Waals surface area contributed by atoms with E-state index in [0.29, 0.717) is 6.54 Å². The van der Waals surface area contributed by atoms with E-state index in [1.807, 2.05) is 11.8 Å². The lowest BCUT2D eigenvalue weighted by Gasteiger charge is -2.22. The van der Waals surface area contributed by atoms with Crippen molar-refractivity contribution in [3.63, 3.8) is 0 Å². The van der Waals surface area contributed by atoms with Gasteiger partial charge in [0.1, 0.15) is 0 Å². The first-order valence-electron chi connectivity index (χ1n) is 7.20. The van der Waals surface area contributed by atoms with E-state index in [-0.39, 0.29) is 10.8 Å². The second kappa shape index (κ2) is 7.31. The lowest BCUT2D eigenvalue weighted by atomic mass is 10.1. The lowest BCUT2D eigenvalue weighted by Crippen LogP contribution is -2.43. The van der Waals surface area contributed by atoms with Crippen LogP contribution in [-0.4, -0.2) is 34.6 Å². The van der Waals surface area contributed by atoms with Crippen molar-refractivity contribution in [2.45, 2.75) is 44.3 Å². The molecule has 1 saturated heterocycles. The van der Waals surface area contributed by atoms with Crippen LogP contribution in [-0.2, 0) is 12.8 Å². The third-order valence-electron chi connectivity index (χ3n) is 3.49. The molecule has 1 fully saturated rings. The Hall–Kier alpha value is -0.750. The van der Waals surface area contributed by atoms with Gasteiger partial charge < -0.3 is 10.6 Å². The van der Waals surface area contributed by atoms with E-state index in [9.17, 15) is 4.79 Å².